The third kappa shape index (κ3) is 6.15. The van der Waals surface area contributed by atoms with Crippen molar-refractivity contribution < 1.29 is 14.3 Å². The van der Waals surface area contributed by atoms with Gasteiger partial charge >= 0.3 is 5.97 Å². The van der Waals surface area contributed by atoms with Gasteiger partial charge < -0.3 is 14.6 Å². The van der Waals surface area contributed by atoms with Gasteiger partial charge in [0.15, 0.2) is 0 Å². The molecular formula is C19H21BrN2O4. The first-order chi connectivity index (χ1) is 12.5. The second kappa shape index (κ2) is 9.91. The molecule has 6 nitrogen and oxygen atoms in total. The Morgan fingerprint density at radius 1 is 1.19 bits per heavy atom. The lowest BCUT2D eigenvalue weighted by atomic mass is 9.99. The molecule has 0 radical (unpaired) electrons. The molecule has 1 aromatic carbocycles. The van der Waals surface area contributed by atoms with Crippen LogP contribution in [0.25, 0.3) is 0 Å². The van der Waals surface area contributed by atoms with Crippen molar-refractivity contribution in [3.05, 3.63) is 69.1 Å². The Bertz CT molecular complexity index is 805. The number of nitrogens with one attached hydrogen (secondary N) is 1. The number of carbonyl (C=O) groups excluding carboxylic acids is 2. The van der Waals surface area contributed by atoms with Crippen molar-refractivity contribution in [1.82, 2.24) is 9.88 Å². The molecule has 7 heteroatoms. The van der Waals surface area contributed by atoms with E-state index in [1.807, 2.05) is 30.3 Å². The summed E-state index contributed by atoms with van der Waals surface area (Å²) in [6.07, 6.45) is 2.02. The first-order valence-corrected chi connectivity index (χ1v) is 9.12. The summed E-state index contributed by atoms with van der Waals surface area (Å²) in [5.74, 6) is -1.18. The van der Waals surface area contributed by atoms with Gasteiger partial charge in [0.1, 0.15) is 6.54 Å². The molecule has 0 fully saturated rings. The van der Waals surface area contributed by atoms with Crippen molar-refractivity contribution in [1.29, 1.82) is 0 Å². The van der Waals surface area contributed by atoms with Crippen LogP contribution in [0.1, 0.15) is 12.5 Å². The molecule has 0 aliphatic heterocycles. The maximum absolute atomic E-state index is 12.2. The molecular weight excluding hydrogens is 400 g/mol. The van der Waals surface area contributed by atoms with Crippen LogP contribution in [0.2, 0.25) is 0 Å². The number of benzene rings is 1. The van der Waals surface area contributed by atoms with Crippen LogP contribution < -0.4 is 10.9 Å². The minimum Gasteiger partial charge on any atom is -0.466 e. The summed E-state index contributed by atoms with van der Waals surface area (Å²) in [7, 11) is 0. The summed E-state index contributed by atoms with van der Waals surface area (Å²) >= 11 is 3.27. The third-order valence-electron chi connectivity index (χ3n) is 3.75. The van der Waals surface area contributed by atoms with Gasteiger partial charge in [-0.25, -0.2) is 0 Å². The zero-order chi connectivity index (χ0) is 18.9. The monoisotopic (exact) mass is 420 g/mol. The molecule has 0 bridgehead atoms. The predicted octanol–water partition coefficient (Wildman–Crippen LogP) is 2.15. The summed E-state index contributed by atoms with van der Waals surface area (Å²) in [4.78, 5) is 36.1. The fourth-order valence-corrected chi connectivity index (χ4v) is 2.85. The molecule has 1 heterocycles. The van der Waals surface area contributed by atoms with Gasteiger partial charge in [-0.1, -0.05) is 30.3 Å². The van der Waals surface area contributed by atoms with Gasteiger partial charge in [0.05, 0.1) is 12.5 Å². The standard InChI is InChI=1S/C19H21BrN2O4/c1-2-26-19(25)15(10-14-6-4-3-5-7-14)11-21-17(23)13-22-12-16(20)8-9-18(22)24/h3-9,12,15H,2,10-11,13H2,1H3,(H,21,23). The van der Waals surface area contributed by atoms with Crippen LogP contribution in [0.15, 0.2) is 57.9 Å². The molecule has 1 unspecified atom stereocenters. The Morgan fingerprint density at radius 2 is 1.92 bits per heavy atom. The Balaban J connectivity index is 1.99. The number of amides is 1. The number of halogens is 1. The molecule has 26 heavy (non-hydrogen) atoms. The average Bonchev–Trinajstić information content (AvgIpc) is 2.62. The summed E-state index contributed by atoms with van der Waals surface area (Å²) in [5.41, 5.74) is 0.720. The summed E-state index contributed by atoms with van der Waals surface area (Å²) in [6.45, 7) is 2.07. The quantitative estimate of drug-likeness (QED) is 0.663. The number of aromatic nitrogens is 1. The van der Waals surface area contributed by atoms with Gasteiger partial charge in [-0.05, 0) is 40.9 Å². The van der Waals surface area contributed by atoms with E-state index in [-0.39, 0.29) is 37.1 Å². The van der Waals surface area contributed by atoms with E-state index >= 15 is 0 Å². The smallest absolute Gasteiger partial charge is 0.311 e. The molecule has 0 saturated heterocycles. The van der Waals surface area contributed by atoms with Crippen molar-refractivity contribution in [2.75, 3.05) is 13.2 Å². The Labute approximate surface area is 160 Å². The number of carbonyl (C=O) groups is 2. The highest BCUT2D eigenvalue weighted by atomic mass is 79.9. The van der Waals surface area contributed by atoms with Crippen LogP contribution in [0.3, 0.4) is 0 Å². The lowest BCUT2D eigenvalue weighted by molar-refractivity contribution is -0.147. The van der Waals surface area contributed by atoms with E-state index in [2.05, 4.69) is 21.2 Å². The highest BCUT2D eigenvalue weighted by Crippen LogP contribution is 2.10. The van der Waals surface area contributed by atoms with Crippen LogP contribution in [-0.4, -0.2) is 29.6 Å². The van der Waals surface area contributed by atoms with Crippen molar-refractivity contribution in [3.8, 4) is 0 Å². The highest BCUT2D eigenvalue weighted by molar-refractivity contribution is 9.10. The zero-order valence-electron chi connectivity index (χ0n) is 14.5. The SMILES string of the molecule is CCOC(=O)C(CNC(=O)Cn1cc(Br)ccc1=O)Cc1ccccc1. The molecule has 1 amide bonds. The van der Waals surface area contributed by atoms with Gasteiger partial charge in [-0.15, -0.1) is 0 Å². The molecule has 1 atom stereocenters. The first-order valence-electron chi connectivity index (χ1n) is 8.33. The van der Waals surface area contributed by atoms with Crippen LogP contribution >= 0.6 is 15.9 Å². The number of ether oxygens (including phenoxy) is 1. The van der Waals surface area contributed by atoms with E-state index in [0.29, 0.717) is 10.9 Å². The normalized spacial score (nSPS) is 11.6. The molecule has 0 saturated carbocycles. The minimum atomic E-state index is -0.486. The molecule has 138 valence electrons. The van der Waals surface area contributed by atoms with Gasteiger partial charge in [0.2, 0.25) is 5.91 Å². The zero-order valence-corrected chi connectivity index (χ0v) is 16.1. The Hall–Kier alpha value is -2.41. The second-order valence-electron chi connectivity index (χ2n) is 5.76. The number of hydrogen-bond acceptors (Lipinski definition) is 4. The topological polar surface area (TPSA) is 77.4 Å². The first kappa shape index (κ1) is 19.9. The number of pyridine rings is 1. The summed E-state index contributed by atoms with van der Waals surface area (Å²) in [6, 6.07) is 12.6. The lowest BCUT2D eigenvalue weighted by Crippen LogP contribution is -2.38. The van der Waals surface area contributed by atoms with Crippen LogP contribution in [0.5, 0.6) is 0 Å². The summed E-state index contributed by atoms with van der Waals surface area (Å²) < 4.78 is 7.12. The number of nitrogens with zero attached hydrogens (tertiary/aromatic N) is 1. The minimum absolute atomic E-state index is 0.112. The summed E-state index contributed by atoms with van der Waals surface area (Å²) in [5, 5.41) is 2.72. The van der Waals surface area contributed by atoms with Gasteiger partial charge in [-0.3, -0.25) is 14.4 Å². The van der Waals surface area contributed by atoms with Crippen LogP contribution in [0, 0.1) is 5.92 Å². The molecule has 1 N–H and O–H groups in total. The highest BCUT2D eigenvalue weighted by Gasteiger charge is 2.21. The molecule has 0 aliphatic carbocycles. The van der Waals surface area contributed by atoms with Gasteiger partial charge in [-0.2, -0.15) is 0 Å². The van der Waals surface area contributed by atoms with Crippen molar-refractivity contribution >= 4 is 27.8 Å². The van der Waals surface area contributed by atoms with E-state index in [1.165, 1.54) is 10.6 Å². The maximum Gasteiger partial charge on any atom is 0.311 e. The van der Waals surface area contributed by atoms with Gasteiger partial charge in [0.25, 0.3) is 5.56 Å². The largest absolute Gasteiger partial charge is 0.466 e. The Morgan fingerprint density at radius 3 is 2.62 bits per heavy atom. The average molecular weight is 421 g/mol. The van der Waals surface area contributed by atoms with E-state index < -0.39 is 5.92 Å². The number of rotatable bonds is 8. The maximum atomic E-state index is 12.2. The van der Waals surface area contributed by atoms with Crippen molar-refractivity contribution in [2.45, 2.75) is 19.9 Å². The van der Waals surface area contributed by atoms with Crippen LogP contribution in [0.4, 0.5) is 0 Å². The van der Waals surface area contributed by atoms with E-state index in [1.54, 1.807) is 19.2 Å². The molecule has 1 aromatic heterocycles. The lowest BCUT2D eigenvalue weighted by Gasteiger charge is -2.17. The van der Waals surface area contributed by atoms with Crippen molar-refractivity contribution in [3.63, 3.8) is 0 Å². The molecule has 2 rings (SSSR count). The molecule has 0 aliphatic rings. The van der Waals surface area contributed by atoms with E-state index in [9.17, 15) is 14.4 Å². The van der Waals surface area contributed by atoms with Crippen LogP contribution in [-0.2, 0) is 27.3 Å². The molecule has 2 aromatic rings. The number of hydrogen-bond donors (Lipinski definition) is 1. The van der Waals surface area contributed by atoms with E-state index in [0.717, 1.165) is 5.56 Å². The molecule has 0 spiro atoms. The van der Waals surface area contributed by atoms with Crippen molar-refractivity contribution in [2.24, 2.45) is 5.92 Å². The van der Waals surface area contributed by atoms with Gasteiger partial charge in [0, 0.05) is 23.3 Å². The van der Waals surface area contributed by atoms with E-state index in [4.69, 9.17) is 4.74 Å². The third-order valence-corrected chi connectivity index (χ3v) is 4.22. The number of esters is 1. The predicted molar refractivity (Wildman–Crippen MR) is 102 cm³/mol. The Kier molecular flexibility index (Phi) is 7.59. The fraction of sp³-hybridized carbons (Fsp3) is 0.316. The fourth-order valence-electron chi connectivity index (χ4n) is 2.47. The second-order valence-corrected chi connectivity index (χ2v) is 6.67.